The van der Waals surface area contributed by atoms with Gasteiger partial charge in [0.05, 0.1) is 33.0 Å². The maximum Gasteiger partial charge on any atom is 0.311 e. The van der Waals surface area contributed by atoms with Gasteiger partial charge in [0.15, 0.2) is 0 Å². The van der Waals surface area contributed by atoms with Gasteiger partial charge in [0, 0.05) is 19.6 Å². The minimum Gasteiger partial charge on any atom is -0.481 e. The fourth-order valence-corrected chi connectivity index (χ4v) is 4.63. The standard InChI is InChI=1S/C17H18Cl2N4O2/c18-13-4-1-5-14(15(13)19)23-9-12(20-21-23)8-22-7-11-3-2-6-17(11,10-22)16(24)25/h1,4-5,9,11H,2-3,6-8,10H2,(H,24,25)/t11-,17+/m0/s1. The lowest BCUT2D eigenvalue weighted by Gasteiger charge is -2.23. The maximum absolute atomic E-state index is 11.8. The molecule has 6 nitrogen and oxygen atoms in total. The predicted molar refractivity (Wildman–Crippen MR) is 94.1 cm³/mol. The molecule has 0 spiro atoms. The zero-order valence-electron chi connectivity index (χ0n) is 13.5. The van der Waals surface area contributed by atoms with Crippen LogP contribution in [-0.2, 0) is 11.3 Å². The molecule has 2 aromatic rings. The third-order valence-corrected chi connectivity index (χ3v) is 6.28. The number of aromatic nitrogens is 3. The van der Waals surface area contributed by atoms with Crippen LogP contribution in [0.5, 0.6) is 0 Å². The van der Waals surface area contributed by atoms with Gasteiger partial charge in [-0.2, -0.15) is 0 Å². The van der Waals surface area contributed by atoms with Crippen LogP contribution in [0.25, 0.3) is 5.69 Å². The fraction of sp³-hybridized carbons (Fsp3) is 0.471. The summed E-state index contributed by atoms with van der Waals surface area (Å²) >= 11 is 12.3. The first-order chi connectivity index (χ1) is 12.0. The highest BCUT2D eigenvalue weighted by Gasteiger charge is 2.54. The average Bonchev–Trinajstić information content (AvgIpc) is 3.24. The maximum atomic E-state index is 11.8. The summed E-state index contributed by atoms with van der Waals surface area (Å²) < 4.78 is 1.60. The highest BCUT2D eigenvalue weighted by Crippen LogP contribution is 2.49. The molecule has 1 N–H and O–H groups in total. The van der Waals surface area contributed by atoms with Crippen molar-refractivity contribution in [2.24, 2.45) is 11.3 Å². The van der Waals surface area contributed by atoms with Gasteiger partial charge in [-0.15, -0.1) is 5.10 Å². The van der Waals surface area contributed by atoms with Gasteiger partial charge in [0.25, 0.3) is 0 Å². The van der Waals surface area contributed by atoms with E-state index in [0.717, 1.165) is 31.5 Å². The van der Waals surface area contributed by atoms with Crippen molar-refractivity contribution in [2.45, 2.75) is 25.8 Å². The van der Waals surface area contributed by atoms with Crippen LogP contribution in [0.4, 0.5) is 0 Å². The van der Waals surface area contributed by atoms with E-state index in [2.05, 4.69) is 15.2 Å². The minimum atomic E-state index is -0.660. The van der Waals surface area contributed by atoms with E-state index in [1.165, 1.54) is 0 Å². The molecule has 1 aliphatic carbocycles. The molecule has 2 heterocycles. The van der Waals surface area contributed by atoms with Gasteiger partial charge in [-0.3, -0.25) is 9.69 Å². The predicted octanol–water partition coefficient (Wildman–Crippen LogP) is 3.26. The second-order valence-electron chi connectivity index (χ2n) is 6.95. The molecular weight excluding hydrogens is 363 g/mol. The monoisotopic (exact) mass is 380 g/mol. The van der Waals surface area contributed by atoms with E-state index >= 15 is 0 Å². The van der Waals surface area contributed by atoms with Gasteiger partial charge >= 0.3 is 5.97 Å². The van der Waals surface area contributed by atoms with Gasteiger partial charge in [0.2, 0.25) is 0 Å². The summed E-state index contributed by atoms with van der Waals surface area (Å²) in [7, 11) is 0. The van der Waals surface area contributed by atoms with Crippen LogP contribution >= 0.6 is 23.2 Å². The lowest BCUT2D eigenvalue weighted by molar-refractivity contribution is -0.149. The van der Waals surface area contributed by atoms with E-state index in [1.54, 1.807) is 10.7 Å². The number of carboxylic acid groups (broad SMARTS) is 1. The molecule has 1 saturated carbocycles. The Hall–Kier alpha value is -1.63. The molecule has 0 amide bonds. The summed E-state index contributed by atoms with van der Waals surface area (Å²) in [6.07, 6.45) is 4.59. The van der Waals surface area contributed by atoms with Crippen LogP contribution < -0.4 is 0 Å². The number of hydrogen-bond donors (Lipinski definition) is 1. The molecule has 8 heteroatoms. The number of hydrogen-bond acceptors (Lipinski definition) is 4. The van der Waals surface area contributed by atoms with E-state index in [9.17, 15) is 9.90 Å². The molecule has 0 bridgehead atoms. The SMILES string of the molecule is O=C(O)[C@@]12CCC[C@H]1CN(Cc1cn(-c3cccc(Cl)c3Cl)nn1)C2. The smallest absolute Gasteiger partial charge is 0.311 e. The Kier molecular flexibility index (Phi) is 4.22. The molecule has 1 saturated heterocycles. The van der Waals surface area contributed by atoms with Gasteiger partial charge in [-0.25, -0.2) is 4.68 Å². The first-order valence-electron chi connectivity index (χ1n) is 8.31. The largest absolute Gasteiger partial charge is 0.481 e. The first kappa shape index (κ1) is 16.8. The Morgan fingerprint density at radius 2 is 2.24 bits per heavy atom. The van der Waals surface area contributed by atoms with Crippen molar-refractivity contribution in [1.29, 1.82) is 0 Å². The lowest BCUT2D eigenvalue weighted by atomic mass is 9.81. The zero-order chi connectivity index (χ0) is 17.6. The summed E-state index contributed by atoms with van der Waals surface area (Å²) in [6.45, 7) is 1.97. The van der Waals surface area contributed by atoms with Crippen LogP contribution in [0.15, 0.2) is 24.4 Å². The van der Waals surface area contributed by atoms with E-state index in [4.69, 9.17) is 23.2 Å². The molecule has 1 aliphatic heterocycles. The molecule has 2 atom stereocenters. The van der Waals surface area contributed by atoms with Crippen LogP contribution in [-0.4, -0.2) is 44.1 Å². The number of aliphatic carboxylic acids is 1. The van der Waals surface area contributed by atoms with Crippen molar-refractivity contribution in [3.63, 3.8) is 0 Å². The number of benzene rings is 1. The van der Waals surface area contributed by atoms with Crippen LogP contribution in [0.2, 0.25) is 10.0 Å². The van der Waals surface area contributed by atoms with Crippen molar-refractivity contribution < 1.29 is 9.90 Å². The van der Waals surface area contributed by atoms with Gasteiger partial charge < -0.3 is 5.11 Å². The Bertz CT molecular complexity index is 825. The Morgan fingerprint density at radius 1 is 1.40 bits per heavy atom. The number of halogens is 2. The molecule has 2 aliphatic rings. The summed E-state index contributed by atoms with van der Waals surface area (Å²) in [5.41, 5.74) is 0.886. The van der Waals surface area contributed by atoms with Crippen LogP contribution in [0.3, 0.4) is 0 Å². The Morgan fingerprint density at radius 3 is 3.00 bits per heavy atom. The summed E-state index contributed by atoms with van der Waals surface area (Å²) in [6, 6.07) is 5.36. The van der Waals surface area contributed by atoms with Crippen LogP contribution in [0, 0.1) is 11.3 Å². The molecule has 2 fully saturated rings. The number of likely N-dealkylation sites (tertiary alicyclic amines) is 1. The van der Waals surface area contributed by atoms with Gasteiger partial charge in [0.1, 0.15) is 0 Å². The van der Waals surface area contributed by atoms with Gasteiger partial charge in [-0.05, 0) is 30.9 Å². The van der Waals surface area contributed by atoms with E-state index in [0.29, 0.717) is 28.8 Å². The van der Waals surface area contributed by atoms with E-state index < -0.39 is 11.4 Å². The molecule has 0 radical (unpaired) electrons. The molecule has 1 aromatic carbocycles. The fourth-order valence-electron chi connectivity index (χ4n) is 4.25. The first-order valence-corrected chi connectivity index (χ1v) is 9.06. The molecule has 132 valence electrons. The summed E-state index contributed by atoms with van der Waals surface area (Å²) in [4.78, 5) is 13.9. The third kappa shape index (κ3) is 2.82. The minimum absolute atomic E-state index is 0.238. The molecule has 0 unspecified atom stereocenters. The molecule has 4 rings (SSSR count). The van der Waals surface area contributed by atoms with Crippen LogP contribution in [0.1, 0.15) is 25.0 Å². The van der Waals surface area contributed by atoms with E-state index in [1.807, 2.05) is 18.3 Å². The number of fused-ring (bicyclic) bond motifs is 1. The van der Waals surface area contributed by atoms with Crippen molar-refractivity contribution in [3.05, 3.63) is 40.1 Å². The molecular formula is C17H18Cl2N4O2. The van der Waals surface area contributed by atoms with Crippen molar-refractivity contribution in [2.75, 3.05) is 13.1 Å². The van der Waals surface area contributed by atoms with Gasteiger partial charge in [-0.1, -0.05) is 40.9 Å². The van der Waals surface area contributed by atoms with Crippen molar-refractivity contribution in [3.8, 4) is 5.69 Å². The highest BCUT2D eigenvalue weighted by molar-refractivity contribution is 6.43. The zero-order valence-corrected chi connectivity index (χ0v) is 15.0. The average molecular weight is 381 g/mol. The van der Waals surface area contributed by atoms with Crippen molar-refractivity contribution in [1.82, 2.24) is 19.9 Å². The quantitative estimate of drug-likeness (QED) is 0.880. The number of carbonyl (C=O) groups is 1. The molecule has 1 aromatic heterocycles. The Labute approximate surface area is 155 Å². The number of nitrogens with zero attached hydrogens (tertiary/aromatic N) is 4. The number of rotatable bonds is 4. The molecule has 25 heavy (non-hydrogen) atoms. The van der Waals surface area contributed by atoms with E-state index in [-0.39, 0.29) is 5.92 Å². The highest BCUT2D eigenvalue weighted by atomic mass is 35.5. The Balaban J connectivity index is 1.51. The summed E-state index contributed by atoms with van der Waals surface area (Å²) in [5.74, 6) is -0.422. The third-order valence-electron chi connectivity index (χ3n) is 5.47. The lowest BCUT2D eigenvalue weighted by Crippen LogP contribution is -2.35. The normalized spacial score (nSPS) is 26.1. The second kappa shape index (κ2) is 6.27. The summed E-state index contributed by atoms with van der Waals surface area (Å²) in [5, 5.41) is 18.9. The van der Waals surface area contributed by atoms with Crippen molar-refractivity contribution >= 4 is 29.2 Å². The second-order valence-corrected chi connectivity index (χ2v) is 7.73. The topological polar surface area (TPSA) is 71.2 Å². The number of carboxylic acids is 1.